The third-order valence-corrected chi connectivity index (χ3v) is 3.51. The zero-order valence-corrected chi connectivity index (χ0v) is 12.6. The highest BCUT2D eigenvalue weighted by Gasteiger charge is 2.06. The van der Waals surface area contributed by atoms with Gasteiger partial charge in [0.2, 0.25) is 0 Å². The van der Waals surface area contributed by atoms with Crippen LogP contribution in [-0.2, 0) is 13.6 Å². The molecule has 0 saturated carbocycles. The van der Waals surface area contributed by atoms with Crippen molar-refractivity contribution in [2.45, 2.75) is 45.6 Å². The van der Waals surface area contributed by atoms with Crippen molar-refractivity contribution in [2.24, 2.45) is 7.05 Å². The smallest absolute Gasteiger partial charge is 0.302 e. The monoisotopic (exact) mass is 350 g/mol. The maximum atomic E-state index is 11.8. The Morgan fingerprint density at radius 1 is 1.18 bits per heavy atom. The van der Waals surface area contributed by atoms with Gasteiger partial charge in [-0.2, -0.15) is 0 Å². The van der Waals surface area contributed by atoms with Gasteiger partial charge in [0.25, 0.3) is 5.56 Å². The first-order chi connectivity index (χ1) is 8.07. The number of aryl methyl sites for hydroxylation is 1. The van der Waals surface area contributed by atoms with Crippen molar-refractivity contribution in [3.05, 3.63) is 30.6 Å². The average molecular weight is 350 g/mol. The van der Waals surface area contributed by atoms with Crippen LogP contribution < -0.4 is 11.2 Å². The van der Waals surface area contributed by atoms with Crippen molar-refractivity contribution in [2.75, 3.05) is 0 Å². The molecule has 0 amide bonds. The molecule has 0 aliphatic carbocycles. The van der Waals surface area contributed by atoms with Crippen LogP contribution in [0.15, 0.2) is 15.8 Å². The van der Waals surface area contributed by atoms with E-state index in [0.717, 1.165) is 12.8 Å². The summed E-state index contributed by atoms with van der Waals surface area (Å²) in [7, 11) is 1.68. The molecule has 0 atom stereocenters. The second kappa shape index (κ2) is 6.98. The number of hydrogen-bond donors (Lipinski definition) is 0. The molecule has 1 rings (SSSR count). The maximum Gasteiger partial charge on any atom is 0.330 e. The van der Waals surface area contributed by atoms with Crippen molar-refractivity contribution < 1.29 is 0 Å². The third kappa shape index (κ3) is 3.97. The van der Waals surface area contributed by atoms with E-state index in [4.69, 9.17) is 0 Å². The number of halogens is 1. The molecule has 0 fully saturated rings. The minimum absolute atomic E-state index is 0.163. The first-order valence-corrected chi connectivity index (χ1v) is 7.11. The molecule has 0 spiro atoms. The van der Waals surface area contributed by atoms with E-state index in [0.29, 0.717) is 10.1 Å². The number of hydrogen-bond acceptors (Lipinski definition) is 2. The molecule has 0 aromatic carbocycles. The van der Waals surface area contributed by atoms with Crippen LogP contribution in [0.3, 0.4) is 0 Å². The van der Waals surface area contributed by atoms with Gasteiger partial charge in [0.1, 0.15) is 0 Å². The molecule has 0 bridgehead atoms. The summed E-state index contributed by atoms with van der Waals surface area (Å²) in [5.41, 5.74) is -0.380. The summed E-state index contributed by atoms with van der Waals surface area (Å²) in [6.07, 6.45) is 7.16. The Hall–Kier alpha value is -0.590. The van der Waals surface area contributed by atoms with Crippen LogP contribution >= 0.6 is 22.6 Å². The molecule has 0 aliphatic rings. The van der Waals surface area contributed by atoms with Gasteiger partial charge in [0.15, 0.2) is 0 Å². The van der Waals surface area contributed by atoms with Crippen LogP contribution in [0, 0.1) is 3.57 Å². The normalized spacial score (nSPS) is 10.8. The van der Waals surface area contributed by atoms with Gasteiger partial charge in [-0.15, -0.1) is 0 Å². The minimum Gasteiger partial charge on any atom is -0.302 e. The van der Waals surface area contributed by atoms with Gasteiger partial charge >= 0.3 is 5.69 Å². The fraction of sp³-hybridized carbons (Fsp3) is 0.667. The highest BCUT2D eigenvalue weighted by molar-refractivity contribution is 14.1. The zero-order chi connectivity index (χ0) is 12.8. The van der Waals surface area contributed by atoms with E-state index in [1.54, 1.807) is 13.2 Å². The van der Waals surface area contributed by atoms with Crippen molar-refractivity contribution in [3.63, 3.8) is 0 Å². The van der Waals surface area contributed by atoms with E-state index in [2.05, 4.69) is 6.92 Å². The quantitative estimate of drug-likeness (QED) is 0.583. The Kier molecular flexibility index (Phi) is 5.94. The van der Waals surface area contributed by atoms with Gasteiger partial charge in [-0.1, -0.05) is 32.6 Å². The number of rotatable bonds is 6. The Labute approximate surface area is 115 Å². The van der Waals surface area contributed by atoms with Gasteiger partial charge in [0, 0.05) is 19.8 Å². The standard InChI is InChI=1S/C12H19IN2O2/c1-3-4-5-6-7-8-15-11(16)10(13)9-14(2)12(15)17/h9H,3-8H2,1-2H3. The van der Waals surface area contributed by atoms with E-state index in [1.807, 2.05) is 22.6 Å². The highest BCUT2D eigenvalue weighted by Crippen LogP contribution is 2.03. The van der Waals surface area contributed by atoms with E-state index in [9.17, 15) is 9.59 Å². The molecule has 1 heterocycles. The molecular weight excluding hydrogens is 331 g/mol. The number of aromatic nitrogens is 2. The Bertz CT molecular complexity index is 442. The lowest BCUT2D eigenvalue weighted by Crippen LogP contribution is -2.39. The molecule has 5 heteroatoms. The fourth-order valence-electron chi connectivity index (χ4n) is 1.76. The van der Waals surface area contributed by atoms with E-state index < -0.39 is 0 Å². The summed E-state index contributed by atoms with van der Waals surface area (Å²) in [5, 5.41) is 0. The Morgan fingerprint density at radius 2 is 1.82 bits per heavy atom. The van der Waals surface area contributed by atoms with Gasteiger partial charge in [0.05, 0.1) is 3.57 Å². The summed E-state index contributed by atoms with van der Waals surface area (Å²) < 4.78 is 3.40. The molecule has 4 nitrogen and oxygen atoms in total. The van der Waals surface area contributed by atoms with Crippen molar-refractivity contribution in [1.82, 2.24) is 9.13 Å². The minimum atomic E-state index is -0.217. The summed E-state index contributed by atoms with van der Waals surface area (Å²) in [5.74, 6) is 0. The van der Waals surface area contributed by atoms with Gasteiger partial charge in [-0.05, 0) is 29.0 Å². The molecule has 0 aliphatic heterocycles. The van der Waals surface area contributed by atoms with Crippen LogP contribution in [0.5, 0.6) is 0 Å². The van der Waals surface area contributed by atoms with Gasteiger partial charge < -0.3 is 4.57 Å². The Morgan fingerprint density at radius 3 is 2.47 bits per heavy atom. The van der Waals surface area contributed by atoms with Crippen LogP contribution in [0.25, 0.3) is 0 Å². The lowest BCUT2D eigenvalue weighted by Gasteiger charge is -2.07. The summed E-state index contributed by atoms with van der Waals surface area (Å²) in [6.45, 7) is 2.70. The predicted molar refractivity (Wildman–Crippen MR) is 77.4 cm³/mol. The van der Waals surface area contributed by atoms with Crippen molar-refractivity contribution in [1.29, 1.82) is 0 Å². The molecule has 1 aromatic heterocycles. The topological polar surface area (TPSA) is 44.0 Å². The summed E-state index contributed by atoms with van der Waals surface area (Å²) >= 11 is 1.97. The van der Waals surface area contributed by atoms with Crippen LogP contribution in [-0.4, -0.2) is 9.13 Å². The fourth-order valence-corrected chi connectivity index (χ4v) is 2.47. The first-order valence-electron chi connectivity index (χ1n) is 6.04. The number of unbranched alkanes of at least 4 members (excludes halogenated alkanes) is 4. The Balaban J connectivity index is 2.71. The predicted octanol–water partition coefficient (Wildman–Crippen LogP) is 2.12. The van der Waals surface area contributed by atoms with Gasteiger partial charge in [-0.25, -0.2) is 4.79 Å². The molecular formula is C12H19IN2O2. The zero-order valence-electron chi connectivity index (χ0n) is 10.4. The molecule has 0 radical (unpaired) electrons. The van der Waals surface area contributed by atoms with E-state index >= 15 is 0 Å². The average Bonchev–Trinajstić information content (AvgIpc) is 2.30. The van der Waals surface area contributed by atoms with E-state index in [-0.39, 0.29) is 11.2 Å². The van der Waals surface area contributed by atoms with E-state index in [1.165, 1.54) is 28.4 Å². The van der Waals surface area contributed by atoms with Gasteiger partial charge in [-0.3, -0.25) is 9.36 Å². The number of nitrogens with zero attached hydrogens (tertiary/aromatic N) is 2. The molecule has 17 heavy (non-hydrogen) atoms. The third-order valence-electron chi connectivity index (χ3n) is 2.77. The van der Waals surface area contributed by atoms with Crippen molar-refractivity contribution >= 4 is 22.6 Å². The largest absolute Gasteiger partial charge is 0.330 e. The van der Waals surface area contributed by atoms with Crippen LogP contribution in [0.2, 0.25) is 0 Å². The van der Waals surface area contributed by atoms with Crippen LogP contribution in [0.4, 0.5) is 0 Å². The second-order valence-corrected chi connectivity index (χ2v) is 5.40. The molecule has 0 unspecified atom stereocenters. The first kappa shape index (κ1) is 14.5. The lowest BCUT2D eigenvalue weighted by atomic mass is 10.1. The molecule has 0 N–H and O–H groups in total. The molecule has 1 aromatic rings. The maximum absolute atomic E-state index is 11.8. The SMILES string of the molecule is CCCCCCCn1c(=O)c(I)cn(C)c1=O. The summed E-state index contributed by atoms with van der Waals surface area (Å²) in [4.78, 5) is 23.6. The second-order valence-electron chi connectivity index (χ2n) is 4.24. The van der Waals surface area contributed by atoms with Crippen LogP contribution in [0.1, 0.15) is 39.0 Å². The highest BCUT2D eigenvalue weighted by atomic mass is 127. The van der Waals surface area contributed by atoms with Crippen molar-refractivity contribution in [3.8, 4) is 0 Å². The molecule has 0 saturated heterocycles. The lowest BCUT2D eigenvalue weighted by molar-refractivity contribution is 0.524. The summed E-state index contributed by atoms with van der Waals surface area (Å²) in [6, 6.07) is 0. The molecule has 96 valence electrons.